The van der Waals surface area contributed by atoms with E-state index < -0.39 is 0 Å². The second kappa shape index (κ2) is 4.76. The summed E-state index contributed by atoms with van der Waals surface area (Å²) in [4.78, 5) is 0. The third-order valence-corrected chi connectivity index (χ3v) is 5.08. The smallest absolute Gasteiger partial charge is 0.120 e. The molecule has 1 N–H and O–H groups in total. The van der Waals surface area contributed by atoms with Gasteiger partial charge in [0, 0.05) is 23.7 Å². The van der Waals surface area contributed by atoms with Gasteiger partial charge in [0.2, 0.25) is 0 Å². The molecule has 2 aliphatic heterocycles. The third-order valence-electron chi connectivity index (χ3n) is 4.30. The van der Waals surface area contributed by atoms with Crippen molar-refractivity contribution < 1.29 is 4.74 Å². The Morgan fingerprint density at radius 1 is 1.21 bits per heavy atom. The fourth-order valence-electron chi connectivity index (χ4n) is 3.43. The zero-order chi connectivity index (χ0) is 12.7. The van der Waals surface area contributed by atoms with Gasteiger partial charge in [0.25, 0.3) is 0 Å². The van der Waals surface area contributed by atoms with E-state index in [0.717, 1.165) is 18.6 Å². The number of piperidine rings is 2. The number of nitrogens with zero attached hydrogens (tertiary/aromatic N) is 1. The molecule has 2 atom stereocenters. The van der Waals surface area contributed by atoms with Crippen molar-refractivity contribution in [3.05, 3.63) is 24.4 Å². The Balaban J connectivity index is 1.51. The average molecular weight is 274 g/mol. The van der Waals surface area contributed by atoms with E-state index in [0.29, 0.717) is 18.2 Å². The molecule has 2 aromatic rings. The molecule has 19 heavy (non-hydrogen) atoms. The largest absolute Gasteiger partial charge is 0.490 e. The summed E-state index contributed by atoms with van der Waals surface area (Å²) in [5.41, 5.74) is 0. The fraction of sp³-hybridized carbons (Fsp3) is 0.533. The molecule has 0 radical (unpaired) electrons. The molecular weight excluding hydrogens is 256 g/mol. The van der Waals surface area contributed by atoms with Crippen LogP contribution in [-0.2, 0) is 0 Å². The maximum Gasteiger partial charge on any atom is 0.120 e. The van der Waals surface area contributed by atoms with Gasteiger partial charge in [0.1, 0.15) is 11.9 Å². The number of ether oxygens (including phenoxy) is 1. The number of nitrogens with one attached hydrogen (secondary N) is 1. The zero-order valence-electron chi connectivity index (χ0n) is 10.8. The van der Waals surface area contributed by atoms with E-state index in [1.54, 1.807) is 11.5 Å². The molecule has 0 saturated carbocycles. The molecule has 4 heteroatoms. The minimum atomic E-state index is 0.376. The molecule has 100 valence electrons. The monoisotopic (exact) mass is 274 g/mol. The van der Waals surface area contributed by atoms with E-state index >= 15 is 0 Å². The summed E-state index contributed by atoms with van der Waals surface area (Å²) in [5.74, 6) is 0.998. The van der Waals surface area contributed by atoms with Gasteiger partial charge in [-0.3, -0.25) is 0 Å². The lowest BCUT2D eigenvalue weighted by atomic mass is 9.85. The van der Waals surface area contributed by atoms with Crippen LogP contribution in [0.4, 0.5) is 0 Å². The Hall–Kier alpha value is -1.13. The van der Waals surface area contributed by atoms with Crippen LogP contribution in [0.5, 0.6) is 5.75 Å². The van der Waals surface area contributed by atoms with E-state index in [-0.39, 0.29) is 0 Å². The first-order chi connectivity index (χ1) is 9.37. The number of aromatic nitrogens is 1. The molecule has 2 fully saturated rings. The summed E-state index contributed by atoms with van der Waals surface area (Å²) < 4.78 is 11.6. The summed E-state index contributed by atoms with van der Waals surface area (Å²) in [5, 5.41) is 4.90. The minimum absolute atomic E-state index is 0.376. The van der Waals surface area contributed by atoms with Gasteiger partial charge in [-0.05, 0) is 55.4 Å². The molecule has 3 nitrogen and oxygen atoms in total. The highest BCUT2D eigenvalue weighted by Crippen LogP contribution is 2.30. The van der Waals surface area contributed by atoms with E-state index in [2.05, 4.69) is 27.9 Å². The predicted octanol–water partition coefficient (Wildman–Crippen LogP) is 3.35. The maximum absolute atomic E-state index is 6.21. The lowest BCUT2D eigenvalue weighted by molar-refractivity contribution is 0.0928. The van der Waals surface area contributed by atoms with Gasteiger partial charge >= 0.3 is 0 Å². The summed E-state index contributed by atoms with van der Waals surface area (Å²) >= 11 is 1.54. The molecule has 2 bridgehead atoms. The number of fused-ring (bicyclic) bond motifs is 3. The molecule has 4 rings (SSSR count). The van der Waals surface area contributed by atoms with Crippen LogP contribution in [0.25, 0.3) is 10.1 Å². The van der Waals surface area contributed by atoms with E-state index in [1.165, 1.54) is 29.3 Å². The maximum atomic E-state index is 6.21. The van der Waals surface area contributed by atoms with E-state index in [1.807, 2.05) is 6.20 Å². The van der Waals surface area contributed by atoms with Gasteiger partial charge in [-0.2, -0.15) is 4.37 Å². The molecule has 0 aliphatic carbocycles. The van der Waals surface area contributed by atoms with Gasteiger partial charge in [0.15, 0.2) is 0 Å². The Morgan fingerprint density at radius 2 is 2.05 bits per heavy atom. The van der Waals surface area contributed by atoms with Gasteiger partial charge in [-0.25, -0.2) is 0 Å². The molecule has 1 aromatic heterocycles. The topological polar surface area (TPSA) is 34.1 Å². The van der Waals surface area contributed by atoms with Crippen LogP contribution in [0.1, 0.15) is 32.1 Å². The summed E-state index contributed by atoms with van der Waals surface area (Å²) in [7, 11) is 0. The van der Waals surface area contributed by atoms with E-state index in [4.69, 9.17) is 4.74 Å². The predicted molar refractivity (Wildman–Crippen MR) is 77.8 cm³/mol. The second-order valence-electron chi connectivity index (χ2n) is 5.73. The van der Waals surface area contributed by atoms with Crippen molar-refractivity contribution in [3.8, 4) is 5.75 Å². The van der Waals surface area contributed by atoms with Crippen LogP contribution >= 0.6 is 11.5 Å². The first-order valence-corrected chi connectivity index (χ1v) is 7.91. The first kappa shape index (κ1) is 11.7. The van der Waals surface area contributed by atoms with Crippen molar-refractivity contribution in [2.24, 2.45) is 0 Å². The first-order valence-electron chi connectivity index (χ1n) is 7.14. The Kier molecular flexibility index (Phi) is 2.93. The van der Waals surface area contributed by atoms with Crippen LogP contribution in [0.2, 0.25) is 0 Å². The molecule has 2 saturated heterocycles. The number of hydrogen-bond acceptors (Lipinski definition) is 4. The minimum Gasteiger partial charge on any atom is -0.490 e. The van der Waals surface area contributed by atoms with Crippen LogP contribution in [0.15, 0.2) is 24.4 Å². The molecule has 2 unspecified atom stereocenters. The number of benzene rings is 1. The van der Waals surface area contributed by atoms with E-state index in [9.17, 15) is 0 Å². The average Bonchev–Trinajstić information content (AvgIpc) is 2.85. The molecule has 1 aromatic carbocycles. The summed E-state index contributed by atoms with van der Waals surface area (Å²) in [6.07, 6.45) is 8.59. The second-order valence-corrected chi connectivity index (χ2v) is 6.56. The van der Waals surface area contributed by atoms with Gasteiger partial charge in [0.05, 0.1) is 4.70 Å². The molecule has 0 spiro atoms. The van der Waals surface area contributed by atoms with Gasteiger partial charge in [-0.1, -0.05) is 6.42 Å². The molecule has 0 amide bonds. The Labute approximate surface area is 117 Å². The molecular formula is C15H18N2OS. The number of rotatable bonds is 2. The highest BCUT2D eigenvalue weighted by Gasteiger charge is 2.32. The van der Waals surface area contributed by atoms with Crippen LogP contribution in [-0.4, -0.2) is 22.6 Å². The number of hydrogen-bond donors (Lipinski definition) is 1. The fourth-order valence-corrected chi connectivity index (χ4v) is 4.05. The summed E-state index contributed by atoms with van der Waals surface area (Å²) in [6.45, 7) is 0. The van der Waals surface area contributed by atoms with Gasteiger partial charge < -0.3 is 10.1 Å². The molecule has 3 heterocycles. The highest BCUT2D eigenvalue weighted by atomic mass is 32.1. The SMILES string of the molecule is c1cc2sncc2cc1OC1CC2CCCC(C1)N2. The van der Waals surface area contributed by atoms with Crippen LogP contribution in [0, 0.1) is 0 Å². The standard InChI is InChI=1S/C15H18N2OS/c1-2-11-7-14(8-12(3-1)17-11)18-13-4-5-15-10(6-13)9-16-19-15/h4-6,9,11-12,14,17H,1-3,7-8H2. The van der Waals surface area contributed by atoms with Crippen molar-refractivity contribution in [1.29, 1.82) is 0 Å². The van der Waals surface area contributed by atoms with Crippen molar-refractivity contribution in [1.82, 2.24) is 9.69 Å². The lowest BCUT2D eigenvalue weighted by Crippen LogP contribution is -2.51. The van der Waals surface area contributed by atoms with Crippen molar-refractivity contribution in [3.63, 3.8) is 0 Å². The zero-order valence-corrected chi connectivity index (χ0v) is 11.7. The van der Waals surface area contributed by atoms with Crippen molar-refractivity contribution >= 4 is 21.6 Å². The molecule has 2 aliphatic rings. The highest BCUT2D eigenvalue weighted by molar-refractivity contribution is 7.13. The Bertz CT molecular complexity index is 570. The quantitative estimate of drug-likeness (QED) is 0.912. The summed E-state index contributed by atoms with van der Waals surface area (Å²) in [6, 6.07) is 7.66. The van der Waals surface area contributed by atoms with Gasteiger partial charge in [-0.15, -0.1) is 0 Å². The van der Waals surface area contributed by atoms with Crippen LogP contribution in [0.3, 0.4) is 0 Å². The van der Waals surface area contributed by atoms with Crippen molar-refractivity contribution in [2.45, 2.75) is 50.3 Å². The third kappa shape index (κ3) is 2.35. The van der Waals surface area contributed by atoms with Crippen molar-refractivity contribution in [2.75, 3.05) is 0 Å². The Morgan fingerprint density at radius 3 is 2.89 bits per heavy atom. The lowest BCUT2D eigenvalue weighted by Gasteiger charge is -2.40. The normalized spacial score (nSPS) is 30.4. The van der Waals surface area contributed by atoms with Crippen LogP contribution < -0.4 is 10.1 Å².